The van der Waals surface area contributed by atoms with Gasteiger partial charge in [-0.3, -0.25) is 0 Å². The first kappa shape index (κ1) is 39.1. The van der Waals surface area contributed by atoms with Crippen molar-refractivity contribution < 1.29 is 0 Å². The molecule has 0 aliphatic heterocycles. The molecule has 1 aromatic heterocycles. The van der Waals surface area contributed by atoms with Crippen LogP contribution in [0.15, 0.2) is 212 Å². The molecule has 1 aliphatic carbocycles. The van der Waals surface area contributed by atoms with Crippen LogP contribution in [-0.4, -0.2) is 4.57 Å². The maximum atomic E-state index is 4.06. The summed E-state index contributed by atoms with van der Waals surface area (Å²) < 4.78 is 2.40. The number of nitrogens with zero attached hydrogens (tertiary/aromatic N) is 2. The zero-order valence-corrected chi connectivity index (χ0v) is 35.2. The zero-order valence-electron chi connectivity index (χ0n) is 35.2. The second-order valence-corrected chi connectivity index (χ2v) is 15.9. The summed E-state index contributed by atoms with van der Waals surface area (Å²) in [6.07, 6.45) is 21.5. The summed E-state index contributed by atoms with van der Waals surface area (Å²) >= 11 is 0. The van der Waals surface area contributed by atoms with Gasteiger partial charge in [-0.2, -0.15) is 0 Å². The molecule has 8 aromatic rings. The van der Waals surface area contributed by atoms with Crippen LogP contribution >= 0.6 is 0 Å². The molecular weight excluding hydrogens is 737 g/mol. The standard InChI is InChI=1S/C59H50N2/c1-5-47-22-10-12-28-55(47)53-38-37-52(39-43(53)3)61-57(44(4)54-27-14-15-30-58(54)61)31-16-19-42(2)49-25-17-26-51(41-49)60(59-32-18-24-48-23-11-13-29-56(48)59)50-35-33-46(34-36-50)40-45-20-8-6-7-9-21-45/h5-8,10-39,41H,1,9,40H2,2-4H3/b31-16-,42-19+. The second kappa shape index (κ2) is 17.4. The molecule has 2 nitrogen and oxygen atoms in total. The van der Waals surface area contributed by atoms with Crippen LogP contribution in [0.4, 0.5) is 17.1 Å². The van der Waals surface area contributed by atoms with Crippen molar-refractivity contribution in [2.45, 2.75) is 33.6 Å². The Kier molecular flexibility index (Phi) is 11.2. The van der Waals surface area contributed by atoms with E-state index in [1.807, 2.05) is 6.08 Å². The molecule has 0 bridgehead atoms. The molecule has 2 heteroatoms. The lowest BCUT2D eigenvalue weighted by Gasteiger charge is -2.27. The predicted octanol–water partition coefficient (Wildman–Crippen LogP) is 16.3. The van der Waals surface area contributed by atoms with Crippen LogP contribution < -0.4 is 4.90 Å². The van der Waals surface area contributed by atoms with Gasteiger partial charge < -0.3 is 9.47 Å². The van der Waals surface area contributed by atoms with Crippen LogP contribution in [0.2, 0.25) is 0 Å². The van der Waals surface area contributed by atoms with Crippen molar-refractivity contribution >= 4 is 56.5 Å². The van der Waals surface area contributed by atoms with Crippen LogP contribution in [-0.2, 0) is 6.42 Å². The Labute approximate surface area is 360 Å². The van der Waals surface area contributed by atoms with Gasteiger partial charge in [0.1, 0.15) is 0 Å². The van der Waals surface area contributed by atoms with Crippen molar-refractivity contribution in [2.24, 2.45) is 0 Å². The first-order valence-electron chi connectivity index (χ1n) is 21.2. The fourth-order valence-corrected chi connectivity index (χ4v) is 8.76. The van der Waals surface area contributed by atoms with Crippen molar-refractivity contribution in [1.82, 2.24) is 4.57 Å². The Morgan fingerprint density at radius 1 is 0.705 bits per heavy atom. The number of hydrogen-bond acceptors (Lipinski definition) is 1. The average Bonchev–Trinajstić information content (AvgIpc) is 3.40. The molecule has 1 aliphatic rings. The van der Waals surface area contributed by atoms with Crippen LogP contribution in [0.1, 0.15) is 46.9 Å². The molecule has 0 amide bonds. The van der Waals surface area contributed by atoms with E-state index in [4.69, 9.17) is 0 Å². The number of para-hydroxylation sites is 1. The van der Waals surface area contributed by atoms with Gasteiger partial charge in [-0.1, -0.05) is 164 Å². The van der Waals surface area contributed by atoms with Crippen molar-refractivity contribution in [3.05, 3.63) is 246 Å². The molecule has 296 valence electrons. The number of aromatic nitrogens is 1. The Morgan fingerprint density at radius 2 is 1.48 bits per heavy atom. The molecule has 0 fully saturated rings. The van der Waals surface area contributed by atoms with Gasteiger partial charge in [0.25, 0.3) is 0 Å². The average molecular weight is 787 g/mol. The Balaban J connectivity index is 1.06. The maximum Gasteiger partial charge on any atom is 0.0540 e. The van der Waals surface area contributed by atoms with E-state index in [1.165, 1.54) is 71.9 Å². The zero-order chi connectivity index (χ0) is 41.7. The first-order valence-corrected chi connectivity index (χ1v) is 21.2. The minimum Gasteiger partial charge on any atom is -0.310 e. The largest absolute Gasteiger partial charge is 0.310 e. The monoisotopic (exact) mass is 786 g/mol. The molecule has 1 heterocycles. The number of aryl methyl sites for hydroxylation is 2. The first-order chi connectivity index (χ1) is 30.0. The lowest BCUT2D eigenvalue weighted by molar-refractivity contribution is 1.09. The lowest BCUT2D eigenvalue weighted by atomic mass is 9.95. The number of benzene rings is 7. The summed E-state index contributed by atoms with van der Waals surface area (Å²) in [4.78, 5) is 2.40. The van der Waals surface area contributed by atoms with Crippen LogP contribution in [0.3, 0.4) is 0 Å². The Bertz CT molecular complexity index is 3060. The van der Waals surface area contributed by atoms with Gasteiger partial charge in [-0.15, -0.1) is 0 Å². The third-order valence-corrected chi connectivity index (χ3v) is 12.0. The van der Waals surface area contributed by atoms with E-state index in [9.17, 15) is 0 Å². The molecule has 0 spiro atoms. The fourth-order valence-electron chi connectivity index (χ4n) is 8.76. The number of anilines is 3. The highest BCUT2D eigenvalue weighted by atomic mass is 15.1. The SMILES string of the molecule is C=Cc1ccccc1-c1ccc(-n2c(/C=C\C=C(/C)c3cccc(N(c4ccc(CC5=CCC=CC=C5)cc4)c4cccc5ccccc45)c3)c(C)c3ccccc32)cc1C. The molecular formula is C59H50N2. The predicted molar refractivity (Wildman–Crippen MR) is 264 cm³/mol. The van der Waals surface area contributed by atoms with Gasteiger partial charge in [-0.25, -0.2) is 0 Å². The fraction of sp³-hybridized carbons (Fsp3) is 0.0847. The smallest absolute Gasteiger partial charge is 0.0540 e. The third-order valence-electron chi connectivity index (χ3n) is 12.0. The van der Waals surface area contributed by atoms with E-state index in [0.29, 0.717) is 0 Å². The van der Waals surface area contributed by atoms with Gasteiger partial charge in [-0.05, 0) is 144 Å². The van der Waals surface area contributed by atoms with Gasteiger partial charge in [0.15, 0.2) is 0 Å². The summed E-state index contributed by atoms with van der Waals surface area (Å²) in [6.45, 7) is 10.7. The minimum absolute atomic E-state index is 0.914. The molecule has 0 saturated carbocycles. The third kappa shape index (κ3) is 8.01. The van der Waals surface area contributed by atoms with Crippen LogP contribution in [0, 0.1) is 13.8 Å². The topological polar surface area (TPSA) is 8.17 Å². The Morgan fingerprint density at radius 3 is 2.33 bits per heavy atom. The molecule has 7 aromatic carbocycles. The van der Waals surface area contributed by atoms with Gasteiger partial charge in [0.2, 0.25) is 0 Å². The normalized spacial score (nSPS) is 12.9. The molecule has 0 unspecified atom stereocenters. The van der Waals surface area contributed by atoms with Crippen molar-refractivity contribution in [1.29, 1.82) is 0 Å². The van der Waals surface area contributed by atoms with E-state index in [0.717, 1.165) is 41.2 Å². The maximum absolute atomic E-state index is 4.06. The van der Waals surface area contributed by atoms with E-state index in [-0.39, 0.29) is 0 Å². The van der Waals surface area contributed by atoms with E-state index in [1.54, 1.807) is 0 Å². The van der Waals surface area contributed by atoms with E-state index >= 15 is 0 Å². The molecule has 61 heavy (non-hydrogen) atoms. The van der Waals surface area contributed by atoms with Crippen molar-refractivity contribution in [3.63, 3.8) is 0 Å². The van der Waals surface area contributed by atoms with E-state index in [2.05, 4.69) is 243 Å². The molecule has 0 radical (unpaired) electrons. The number of rotatable bonds is 11. The second-order valence-electron chi connectivity index (χ2n) is 15.9. The Hall–Kier alpha value is -7.42. The molecule has 9 rings (SSSR count). The summed E-state index contributed by atoms with van der Waals surface area (Å²) in [6, 6.07) is 57.3. The molecule has 0 atom stereocenters. The molecule has 0 saturated heterocycles. The molecule has 0 N–H and O–H groups in total. The van der Waals surface area contributed by atoms with Crippen molar-refractivity contribution in [3.8, 4) is 16.8 Å². The van der Waals surface area contributed by atoms with Crippen molar-refractivity contribution in [2.75, 3.05) is 4.90 Å². The van der Waals surface area contributed by atoms with Gasteiger partial charge in [0.05, 0.1) is 11.2 Å². The number of fused-ring (bicyclic) bond motifs is 2. The minimum atomic E-state index is 0.914. The van der Waals surface area contributed by atoms with Gasteiger partial charge >= 0.3 is 0 Å². The summed E-state index contributed by atoms with van der Waals surface area (Å²) in [7, 11) is 0. The van der Waals surface area contributed by atoms with Crippen LogP contribution in [0.5, 0.6) is 0 Å². The summed E-state index contributed by atoms with van der Waals surface area (Å²) in [5, 5.41) is 3.69. The van der Waals surface area contributed by atoms with E-state index < -0.39 is 0 Å². The number of hydrogen-bond donors (Lipinski definition) is 0. The number of allylic oxidation sites excluding steroid dienone is 9. The quantitative estimate of drug-likeness (QED) is 0.119. The lowest BCUT2D eigenvalue weighted by Crippen LogP contribution is -2.11. The van der Waals surface area contributed by atoms with Crippen LogP contribution in [0.25, 0.3) is 56.2 Å². The highest BCUT2D eigenvalue weighted by Crippen LogP contribution is 2.40. The van der Waals surface area contributed by atoms with Gasteiger partial charge in [0, 0.05) is 33.5 Å². The summed E-state index contributed by atoms with van der Waals surface area (Å²) in [5.41, 5.74) is 18.0. The highest BCUT2D eigenvalue weighted by Gasteiger charge is 2.18. The highest BCUT2D eigenvalue weighted by molar-refractivity contribution is 5.99. The summed E-state index contributed by atoms with van der Waals surface area (Å²) in [5.74, 6) is 0.